The van der Waals surface area contributed by atoms with Crippen LogP contribution in [0, 0.1) is 0 Å². The van der Waals surface area contributed by atoms with Gasteiger partial charge in [-0.1, -0.05) is 47.6 Å². The molecular formula is C21H36N2OSi-. The number of aromatic amines is 1. The summed E-state index contributed by atoms with van der Waals surface area (Å²) in [5.74, 6) is 1.08. The number of nitrogens with zero attached hydrogens (tertiary/aromatic N) is 1. The highest BCUT2D eigenvalue weighted by molar-refractivity contribution is 6.78. The number of nitrogens with one attached hydrogen (secondary N) is 1. The number of likely N-dealkylation sites (N-methyl/N-ethyl adjacent to an activating group) is 1. The largest absolute Gasteiger partial charge is 0.688 e. The third kappa shape index (κ3) is 3.95. The minimum Gasteiger partial charge on any atom is -0.688 e. The molecule has 0 aliphatic carbocycles. The van der Waals surface area contributed by atoms with Crippen LogP contribution in [0.2, 0.25) is 16.6 Å². The Hall–Kier alpha value is -1.26. The summed E-state index contributed by atoms with van der Waals surface area (Å²) in [4.78, 5) is 5.68. The predicted molar refractivity (Wildman–Crippen MR) is 112 cm³/mol. The fourth-order valence-corrected chi connectivity index (χ4v) is 9.65. The van der Waals surface area contributed by atoms with Gasteiger partial charge in [-0.25, -0.2) is 0 Å². The van der Waals surface area contributed by atoms with Crippen molar-refractivity contribution in [3.05, 3.63) is 30.0 Å². The van der Waals surface area contributed by atoms with Gasteiger partial charge in [0.25, 0.3) is 0 Å². The molecule has 25 heavy (non-hydrogen) atoms. The lowest BCUT2D eigenvalue weighted by atomic mass is 10.1. The number of hydrogen-bond donors (Lipinski definition) is 1. The SMILES string of the molecule is CC(C)[Si-](Oc1cccc2[nH]cc(CCN(C)C)c12)(C(C)C)C(C)C. The van der Waals surface area contributed by atoms with Crippen LogP contribution in [0.1, 0.15) is 47.1 Å². The Labute approximate surface area is 154 Å². The van der Waals surface area contributed by atoms with E-state index in [1.165, 1.54) is 16.5 Å². The number of hydrogen-bond acceptors (Lipinski definition) is 2. The van der Waals surface area contributed by atoms with Gasteiger partial charge in [0.2, 0.25) is 0 Å². The molecular weight excluding hydrogens is 324 g/mol. The van der Waals surface area contributed by atoms with E-state index in [1.807, 2.05) is 0 Å². The Balaban J connectivity index is 2.50. The molecule has 3 nitrogen and oxygen atoms in total. The van der Waals surface area contributed by atoms with Crippen molar-refractivity contribution >= 4 is 19.2 Å². The van der Waals surface area contributed by atoms with Crippen LogP contribution in [-0.2, 0) is 6.42 Å². The normalized spacial score (nSPS) is 13.0. The zero-order chi connectivity index (χ0) is 18.8. The molecule has 1 heterocycles. The van der Waals surface area contributed by atoms with E-state index in [0.717, 1.165) is 18.7 Å². The van der Waals surface area contributed by atoms with Gasteiger partial charge in [0.15, 0.2) is 0 Å². The van der Waals surface area contributed by atoms with E-state index in [-0.39, 0.29) is 0 Å². The first-order valence-electron chi connectivity index (χ1n) is 9.62. The summed E-state index contributed by atoms with van der Waals surface area (Å²) >= 11 is 0. The second-order valence-corrected chi connectivity index (χ2v) is 13.8. The zero-order valence-electron chi connectivity index (χ0n) is 17.3. The lowest BCUT2D eigenvalue weighted by Crippen LogP contribution is -2.50. The Bertz CT molecular complexity index is 666. The molecule has 1 N–H and O–H groups in total. The van der Waals surface area contributed by atoms with Gasteiger partial charge < -0.3 is 14.3 Å². The van der Waals surface area contributed by atoms with Crippen LogP contribution in [0.3, 0.4) is 0 Å². The van der Waals surface area contributed by atoms with Gasteiger partial charge in [-0.2, -0.15) is 0 Å². The van der Waals surface area contributed by atoms with Crippen LogP contribution in [0.15, 0.2) is 24.4 Å². The van der Waals surface area contributed by atoms with Gasteiger partial charge in [-0.15, -0.1) is 16.6 Å². The van der Waals surface area contributed by atoms with Crippen LogP contribution < -0.4 is 4.43 Å². The highest BCUT2D eigenvalue weighted by atomic mass is 28.4. The molecule has 0 aliphatic heterocycles. The van der Waals surface area contributed by atoms with Gasteiger partial charge in [-0.3, -0.25) is 0 Å². The highest BCUT2D eigenvalue weighted by Crippen LogP contribution is 2.44. The fraction of sp³-hybridized carbons (Fsp3) is 0.619. The number of rotatable bonds is 8. The number of benzene rings is 1. The molecule has 1 aromatic heterocycles. The summed E-state index contributed by atoms with van der Waals surface area (Å²) < 4.78 is 7.01. The highest BCUT2D eigenvalue weighted by Gasteiger charge is 2.34. The monoisotopic (exact) mass is 360 g/mol. The predicted octanol–water partition coefficient (Wildman–Crippen LogP) is 5.83. The summed E-state index contributed by atoms with van der Waals surface area (Å²) in [5, 5.41) is 1.28. The van der Waals surface area contributed by atoms with Gasteiger partial charge in [-0.05, 0) is 38.2 Å². The van der Waals surface area contributed by atoms with Crippen molar-refractivity contribution in [2.45, 2.75) is 64.6 Å². The van der Waals surface area contributed by atoms with E-state index >= 15 is 0 Å². The molecule has 0 unspecified atom stereocenters. The van der Waals surface area contributed by atoms with E-state index in [1.54, 1.807) is 0 Å². The molecule has 0 bridgehead atoms. The second kappa shape index (κ2) is 7.96. The van der Waals surface area contributed by atoms with Crippen molar-refractivity contribution in [2.75, 3.05) is 20.6 Å². The first kappa shape index (κ1) is 20.1. The van der Waals surface area contributed by atoms with E-state index in [9.17, 15) is 0 Å². The molecule has 0 spiro atoms. The summed E-state index contributed by atoms with van der Waals surface area (Å²) in [7, 11) is 2.30. The molecule has 0 atom stereocenters. The Kier molecular flexibility index (Phi) is 6.39. The van der Waals surface area contributed by atoms with Crippen molar-refractivity contribution in [3.8, 4) is 5.75 Å². The van der Waals surface area contributed by atoms with Crippen LogP contribution in [0.5, 0.6) is 5.75 Å². The molecule has 0 saturated carbocycles. The van der Waals surface area contributed by atoms with Crippen molar-refractivity contribution in [1.29, 1.82) is 0 Å². The maximum atomic E-state index is 7.01. The molecule has 4 heteroatoms. The molecule has 0 amide bonds. The molecule has 0 fully saturated rings. The topological polar surface area (TPSA) is 28.3 Å². The van der Waals surface area contributed by atoms with Crippen LogP contribution in [0.25, 0.3) is 10.9 Å². The fourth-order valence-electron chi connectivity index (χ4n) is 4.39. The van der Waals surface area contributed by atoms with Crippen molar-refractivity contribution in [1.82, 2.24) is 9.88 Å². The first-order valence-corrected chi connectivity index (χ1v) is 11.8. The maximum absolute atomic E-state index is 7.01. The zero-order valence-corrected chi connectivity index (χ0v) is 18.3. The Morgan fingerprint density at radius 2 is 1.60 bits per heavy atom. The second-order valence-electron chi connectivity index (χ2n) is 8.47. The molecule has 2 rings (SSSR count). The molecule has 141 valence electrons. The first-order chi connectivity index (χ1) is 11.7. The number of fused-ring (bicyclic) bond motifs is 1. The van der Waals surface area contributed by atoms with Gasteiger partial charge in [0.1, 0.15) is 0 Å². The molecule has 1 aromatic carbocycles. The Morgan fingerprint density at radius 3 is 2.12 bits per heavy atom. The summed E-state index contributed by atoms with van der Waals surface area (Å²) in [5.41, 5.74) is 4.27. The lowest BCUT2D eigenvalue weighted by Gasteiger charge is -2.55. The molecule has 0 aliphatic rings. The Morgan fingerprint density at radius 1 is 1.00 bits per heavy atom. The standard InChI is InChI=1S/C21H36N2OSi/c1-15(2)25(16(3)4,17(5)6)24-20-11-9-10-19-21(20)18(14-22-19)12-13-23(7)8/h9-11,14-17,22H,12-13H2,1-8H3/q-1. The van der Waals surface area contributed by atoms with E-state index in [4.69, 9.17) is 4.43 Å². The lowest BCUT2D eigenvalue weighted by molar-refractivity contribution is 0.414. The minimum absolute atomic E-state index is 0.576. The van der Waals surface area contributed by atoms with Gasteiger partial charge >= 0.3 is 0 Å². The van der Waals surface area contributed by atoms with Crippen LogP contribution in [0.4, 0.5) is 0 Å². The molecule has 0 saturated heterocycles. The third-order valence-corrected chi connectivity index (χ3v) is 11.6. The van der Waals surface area contributed by atoms with E-state index < -0.39 is 8.32 Å². The minimum atomic E-state index is -1.95. The smallest absolute Gasteiger partial charge is 0.0821 e. The average Bonchev–Trinajstić information content (AvgIpc) is 2.93. The summed E-state index contributed by atoms with van der Waals surface area (Å²) in [6.07, 6.45) is 3.19. The van der Waals surface area contributed by atoms with Gasteiger partial charge in [0, 0.05) is 32.0 Å². The van der Waals surface area contributed by atoms with E-state index in [2.05, 4.69) is 89.9 Å². The van der Waals surface area contributed by atoms with E-state index in [0.29, 0.717) is 16.6 Å². The molecule has 2 aromatic rings. The number of aromatic nitrogens is 1. The summed E-state index contributed by atoms with van der Waals surface area (Å²) in [6, 6.07) is 6.44. The van der Waals surface area contributed by atoms with Crippen LogP contribution in [-0.4, -0.2) is 38.8 Å². The van der Waals surface area contributed by atoms with Crippen molar-refractivity contribution < 1.29 is 4.43 Å². The quantitative estimate of drug-likeness (QED) is 0.600. The maximum Gasteiger partial charge on any atom is 0.0821 e. The number of H-pyrrole nitrogens is 1. The molecule has 0 radical (unpaired) electrons. The average molecular weight is 361 g/mol. The van der Waals surface area contributed by atoms with Crippen molar-refractivity contribution in [3.63, 3.8) is 0 Å². The third-order valence-electron chi connectivity index (χ3n) is 5.57. The van der Waals surface area contributed by atoms with Crippen molar-refractivity contribution in [2.24, 2.45) is 0 Å². The van der Waals surface area contributed by atoms with Gasteiger partial charge in [0.05, 0.1) is 5.75 Å². The van der Waals surface area contributed by atoms with Crippen LogP contribution >= 0.6 is 0 Å². The summed E-state index contributed by atoms with van der Waals surface area (Å²) in [6.45, 7) is 15.1.